The Balaban J connectivity index is 1.47. The number of aromatic nitrogens is 2. The van der Waals surface area contributed by atoms with Crippen LogP contribution in [0.2, 0.25) is 0 Å². The van der Waals surface area contributed by atoms with E-state index in [2.05, 4.69) is 144 Å². The van der Waals surface area contributed by atoms with E-state index in [0.29, 0.717) is 0 Å². The van der Waals surface area contributed by atoms with Gasteiger partial charge in [0.25, 0.3) is 0 Å². The Hall–Kier alpha value is -4.30. The number of hydrogen-bond acceptors (Lipinski definition) is 0. The molecule has 36 heavy (non-hydrogen) atoms. The minimum Gasteiger partial charge on any atom is -0.187 e. The molecule has 0 amide bonds. The summed E-state index contributed by atoms with van der Waals surface area (Å²) in [7, 11) is 0. The summed E-state index contributed by atoms with van der Waals surface area (Å²) in [5.74, 6) is 0.189. The van der Waals surface area contributed by atoms with Crippen molar-refractivity contribution in [3.63, 3.8) is 0 Å². The summed E-state index contributed by atoms with van der Waals surface area (Å²) in [4.78, 5) is 0. The van der Waals surface area contributed by atoms with Crippen molar-refractivity contribution in [3.8, 4) is 33.6 Å². The number of benzene rings is 3. The SMILES string of the molecule is C=CC1c2ccccc2-c2cccc[n+]2C1C1c2ccccc2-c2cc(-c3ccccc3C)cc[n+]21. The smallest absolute Gasteiger partial charge is 0.187 e. The first-order valence-electron chi connectivity index (χ1n) is 12.7. The van der Waals surface area contributed by atoms with Gasteiger partial charge in [0.2, 0.25) is 23.5 Å². The molecule has 2 aliphatic heterocycles. The number of aryl methyl sites for hydroxylation is 1. The summed E-state index contributed by atoms with van der Waals surface area (Å²) in [5, 5.41) is 0. The zero-order valence-electron chi connectivity index (χ0n) is 20.4. The second kappa shape index (κ2) is 8.13. The van der Waals surface area contributed by atoms with Crippen molar-refractivity contribution in [2.45, 2.75) is 24.9 Å². The van der Waals surface area contributed by atoms with E-state index in [1.165, 1.54) is 50.3 Å². The van der Waals surface area contributed by atoms with Crippen LogP contribution in [0.15, 0.2) is 128 Å². The summed E-state index contributed by atoms with van der Waals surface area (Å²) < 4.78 is 4.97. The maximum absolute atomic E-state index is 4.33. The zero-order chi connectivity index (χ0) is 24.2. The van der Waals surface area contributed by atoms with E-state index in [9.17, 15) is 0 Å². The number of nitrogens with zero attached hydrogens (tertiary/aromatic N) is 2. The van der Waals surface area contributed by atoms with Crippen molar-refractivity contribution < 1.29 is 9.13 Å². The van der Waals surface area contributed by atoms with Crippen LogP contribution in [-0.4, -0.2) is 0 Å². The normalized spacial score (nSPS) is 19.1. The average Bonchev–Trinajstić information content (AvgIpc) is 3.26. The molecular formula is C34H28N2+2. The van der Waals surface area contributed by atoms with Crippen molar-refractivity contribution >= 4 is 0 Å². The lowest BCUT2D eigenvalue weighted by molar-refractivity contribution is -0.800. The highest BCUT2D eigenvalue weighted by molar-refractivity contribution is 5.74. The van der Waals surface area contributed by atoms with Gasteiger partial charge in [-0.1, -0.05) is 66.7 Å². The molecule has 172 valence electrons. The molecule has 2 aromatic heterocycles. The lowest BCUT2D eigenvalue weighted by atomic mass is 9.78. The molecular weight excluding hydrogens is 436 g/mol. The van der Waals surface area contributed by atoms with E-state index < -0.39 is 0 Å². The van der Waals surface area contributed by atoms with Gasteiger partial charge in [-0.3, -0.25) is 0 Å². The summed E-state index contributed by atoms with van der Waals surface area (Å²) in [5.41, 5.74) is 11.7. The molecule has 0 saturated heterocycles. The van der Waals surface area contributed by atoms with Crippen LogP contribution >= 0.6 is 0 Å². The van der Waals surface area contributed by atoms with Crippen molar-refractivity contribution in [1.29, 1.82) is 0 Å². The monoisotopic (exact) mass is 464 g/mol. The molecule has 2 nitrogen and oxygen atoms in total. The molecule has 2 heteroatoms. The molecule has 0 spiro atoms. The second-order valence-electron chi connectivity index (χ2n) is 9.89. The third-order valence-electron chi connectivity index (χ3n) is 8.05. The highest BCUT2D eigenvalue weighted by Crippen LogP contribution is 2.47. The van der Waals surface area contributed by atoms with Gasteiger partial charge in [0, 0.05) is 29.8 Å². The van der Waals surface area contributed by atoms with Crippen LogP contribution in [-0.2, 0) is 0 Å². The lowest BCUT2D eigenvalue weighted by Gasteiger charge is -2.30. The minimum atomic E-state index is 0.157. The number of hydrogen-bond donors (Lipinski definition) is 0. The predicted molar refractivity (Wildman–Crippen MR) is 144 cm³/mol. The van der Waals surface area contributed by atoms with E-state index >= 15 is 0 Å². The first-order valence-corrected chi connectivity index (χ1v) is 12.7. The number of fused-ring (bicyclic) bond motifs is 6. The van der Waals surface area contributed by atoms with Crippen molar-refractivity contribution in [3.05, 3.63) is 145 Å². The van der Waals surface area contributed by atoms with Crippen LogP contribution in [0.5, 0.6) is 0 Å². The van der Waals surface area contributed by atoms with Gasteiger partial charge in [0.15, 0.2) is 12.4 Å². The fourth-order valence-electron chi connectivity index (χ4n) is 6.46. The Morgan fingerprint density at radius 3 is 2.08 bits per heavy atom. The van der Waals surface area contributed by atoms with E-state index in [0.717, 1.165) is 0 Å². The Kier molecular flexibility index (Phi) is 4.75. The van der Waals surface area contributed by atoms with Gasteiger partial charge in [-0.25, -0.2) is 0 Å². The largest absolute Gasteiger partial charge is 0.246 e. The molecule has 3 atom stereocenters. The summed E-state index contributed by atoms with van der Waals surface area (Å²) in [6.07, 6.45) is 6.69. The van der Waals surface area contributed by atoms with Crippen LogP contribution in [0, 0.1) is 6.92 Å². The molecule has 0 N–H and O–H groups in total. The van der Waals surface area contributed by atoms with E-state index in [1.54, 1.807) is 0 Å². The molecule has 2 aliphatic rings. The predicted octanol–water partition coefficient (Wildman–Crippen LogP) is 7.00. The first kappa shape index (κ1) is 21.0. The highest BCUT2D eigenvalue weighted by Gasteiger charge is 2.52. The van der Waals surface area contributed by atoms with Gasteiger partial charge in [-0.15, -0.1) is 6.58 Å². The minimum absolute atomic E-state index is 0.157. The Morgan fingerprint density at radius 2 is 1.31 bits per heavy atom. The zero-order valence-corrected chi connectivity index (χ0v) is 20.4. The van der Waals surface area contributed by atoms with Gasteiger partial charge in [-0.2, -0.15) is 9.13 Å². The maximum atomic E-state index is 4.33. The van der Waals surface area contributed by atoms with Gasteiger partial charge in [-0.05, 0) is 47.4 Å². The first-order chi connectivity index (χ1) is 17.8. The van der Waals surface area contributed by atoms with Gasteiger partial charge in [0.1, 0.15) is 0 Å². The molecule has 0 radical (unpaired) electrons. The van der Waals surface area contributed by atoms with Crippen LogP contribution < -0.4 is 9.13 Å². The quantitative estimate of drug-likeness (QED) is 0.201. The number of pyridine rings is 2. The highest BCUT2D eigenvalue weighted by atomic mass is 15.1. The molecule has 0 fully saturated rings. The Morgan fingerprint density at radius 1 is 0.639 bits per heavy atom. The third-order valence-corrected chi connectivity index (χ3v) is 8.05. The standard InChI is InChI=1S/C34H28N2/c1-3-25-27-14-6-7-15-28(27)31-18-10-11-20-35(31)33(25)34-30-17-9-8-16-29(30)32-22-24(19-21-36(32)34)26-13-5-4-12-23(26)2/h3-22,25,33-34H,1H2,2H3/q+2. The summed E-state index contributed by atoms with van der Waals surface area (Å²) in [6.45, 7) is 6.52. The van der Waals surface area contributed by atoms with Crippen LogP contribution in [0.25, 0.3) is 33.6 Å². The summed E-state index contributed by atoms with van der Waals surface area (Å²) in [6, 6.07) is 37.9. The summed E-state index contributed by atoms with van der Waals surface area (Å²) >= 11 is 0. The molecule has 0 aliphatic carbocycles. The number of rotatable bonds is 3. The lowest BCUT2D eigenvalue weighted by Crippen LogP contribution is -2.56. The molecule has 5 aromatic rings. The van der Waals surface area contributed by atoms with E-state index in [-0.39, 0.29) is 18.0 Å². The molecule has 3 unspecified atom stereocenters. The fourth-order valence-corrected chi connectivity index (χ4v) is 6.46. The van der Waals surface area contributed by atoms with Crippen LogP contribution in [0.3, 0.4) is 0 Å². The second-order valence-corrected chi connectivity index (χ2v) is 9.89. The molecule has 7 rings (SSSR count). The van der Waals surface area contributed by atoms with E-state index in [4.69, 9.17) is 0 Å². The Labute approximate surface area is 212 Å². The Bertz CT molecular complexity index is 1650. The van der Waals surface area contributed by atoms with Crippen molar-refractivity contribution in [2.24, 2.45) is 0 Å². The molecule has 0 bridgehead atoms. The van der Waals surface area contributed by atoms with Crippen LogP contribution in [0.4, 0.5) is 0 Å². The van der Waals surface area contributed by atoms with Crippen LogP contribution in [0.1, 0.15) is 34.7 Å². The number of allylic oxidation sites excluding steroid dienone is 1. The maximum Gasteiger partial charge on any atom is 0.246 e. The van der Waals surface area contributed by atoms with Crippen molar-refractivity contribution in [2.75, 3.05) is 0 Å². The molecule has 3 aromatic carbocycles. The molecule has 4 heterocycles. The van der Waals surface area contributed by atoms with Gasteiger partial charge < -0.3 is 0 Å². The topological polar surface area (TPSA) is 7.76 Å². The third kappa shape index (κ3) is 2.97. The van der Waals surface area contributed by atoms with Gasteiger partial charge >= 0.3 is 0 Å². The molecule has 0 saturated carbocycles. The van der Waals surface area contributed by atoms with E-state index in [1.807, 2.05) is 0 Å². The fraction of sp³-hybridized carbons (Fsp3) is 0.118. The van der Waals surface area contributed by atoms with Crippen molar-refractivity contribution in [1.82, 2.24) is 0 Å². The average molecular weight is 465 g/mol. The van der Waals surface area contributed by atoms with Gasteiger partial charge in [0.05, 0.1) is 17.0 Å².